The summed E-state index contributed by atoms with van der Waals surface area (Å²) in [4.78, 5) is 3.10. The van der Waals surface area contributed by atoms with Gasteiger partial charge in [-0.15, -0.1) is 0 Å². The van der Waals surface area contributed by atoms with Crippen LogP contribution < -0.4 is 0 Å². The Morgan fingerprint density at radius 3 is 2.74 bits per heavy atom. The Morgan fingerprint density at radius 2 is 2.16 bits per heavy atom. The van der Waals surface area contributed by atoms with Gasteiger partial charge in [0.25, 0.3) is 0 Å². The number of imidazole rings is 1. The normalized spacial score (nSPS) is 17.3. The van der Waals surface area contributed by atoms with Crippen molar-refractivity contribution in [3.8, 4) is 0 Å². The second kappa shape index (κ2) is 4.42. The van der Waals surface area contributed by atoms with Gasteiger partial charge in [-0.05, 0) is 58.4 Å². The van der Waals surface area contributed by atoms with Crippen molar-refractivity contribution in [2.24, 2.45) is 11.3 Å². The van der Waals surface area contributed by atoms with Crippen LogP contribution in [0.3, 0.4) is 0 Å². The van der Waals surface area contributed by atoms with E-state index in [4.69, 9.17) is 12.2 Å². The van der Waals surface area contributed by atoms with E-state index in [1.807, 2.05) is 6.07 Å². The highest BCUT2D eigenvalue weighted by molar-refractivity contribution is 9.10. The van der Waals surface area contributed by atoms with E-state index < -0.39 is 0 Å². The number of rotatable bonds is 3. The molecule has 1 fully saturated rings. The van der Waals surface area contributed by atoms with Crippen LogP contribution in [0.4, 0.5) is 4.39 Å². The van der Waals surface area contributed by atoms with Crippen molar-refractivity contribution in [3.63, 3.8) is 0 Å². The number of H-pyrrole nitrogens is 1. The minimum atomic E-state index is -0.263. The van der Waals surface area contributed by atoms with E-state index in [9.17, 15) is 4.39 Å². The molecule has 0 unspecified atom stereocenters. The number of nitrogens with one attached hydrogen (secondary N) is 1. The summed E-state index contributed by atoms with van der Waals surface area (Å²) in [5, 5.41) is 0. The van der Waals surface area contributed by atoms with Crippen molar-refractivity contribution >= 4 is 39.2 Å². The first-order chi connectivity index (χ1) is 8.93. The van der Waals surface area contributed by atoms with E-state index in [-0.39, 0.29) is 5.82 Å². The Morgan fingerprint density at radius 1 is 1.47 bits per heavy atom. The van der Waals surface area contributed by atoms with Crippen LogP contribution in [0.15, 0.2) is 16.6 Å². The maximum atomic E-state index is 13.6. The predicted molar refractivity (Wildman–Crippen MR) is 81.3 cm³/mol. The number of fused-ring (bicyclic) bond motifs is 1. The van der Waals surface area contributed by atoms with Crippen LogP contribution in [0.5, 0.6) is 0 Å². The Labute approximate surface area is 125 Å². The number of aromatic amines is 1. The van der Waals surface area contributed by atoms with E-state index in [0.29, 0.717) is 20.6 Å². The molecule has 1 aromatic carbocycles. The third-order valence-electron chi connectivity index (χ3n) is 4.41. The first-order valence-electron chi connectivity index (χ1n) is 6.50. The van der Waals surface area contributed by atoms with Gasteiger partial charge in [0, 0.05) is 12.6 Å². The smallest absolute Gasteiger partial charge is 0.178 e. The van der Waals surface area contributed by atoms with E-state index in [0.717, 1.165) is 17.6 Å². The summed E-state index contributed by atoms with van der Waals surface area (Å²) in [7, 11) is 0. The standard InChI is InChI=1S/C14H16BrFN2S/c1-8(2)14(3-4-14)7-18-12-5-9(15)10(16)6-11(12)17-13(18)19/h5-6,8H,3-4,7H2,1-2H3,(H,17,19). The fraction of sp³-hybridized carbons (Fsp3) is 0.500. The SMILES string of the molecule is CC(C)C1(Cn2c(=S)[nH]c3cc(F)c(Br)cc32)CC1. The molecule has 1 aliphatic carbocycles. The maximum absolute atomic E-state index is 13.6. The Kier molecular flexibility index (Phi) is 3.09. The van der Waals surface area contributed by atoms with Gasteiger partial charge in [0.05, 0.1) is 15.5 Å². The summed E-state index contributed by atoms with van der Waals surface area (Å²) in [5.41, 5.74) is 2.12. The number of hydrogen-bond acceptors (Lipinski definition) is 1. The van der Waals surface area contributed by atoms with Crippen LogP contribution in [0, 0.1) is 21.9 Å². The average Bonchev–Trinajstić information content (AvgIpc) is 3.06. The average molecular weight is 343 g/mol. The molecule has 1 aromatic heterocycles. The lowest BCUT2D eigenvalue weighted by molar-refractivity contribution is 0.311. The van der Waals surface area contributed by atoms with Gasteiger partial charge in [-0.3, -0.25) is 0 Å². The van der Waals surface area contributed by atoms with E-state index >= 15 is 0 Å². The predicted octanol–water partition coefficient (Wildman–Crippen LogP) is 5.04. The third-order valence-corrected chi connectivity index (χ3v) is 5.34. The third kappa shape index (κ3) is 2.17. The molecule has 2 nitrogen and oxygen atoms in total. The zero-order valence-corrected chi connectivity index (χ0v) is 13.4. The highest BCUT2D eigenvalue weighted by Crippen LogP contribution is 2.53. The van der Waals surface area contributed by atoms with Crippen LogP contribution in [-0.2, 0) is 6.54 Å². The minimum Gasteiger partial charge on any atom is -0.330 e. The van der Waals surface area contributed by atoms with Crippen LogP contribution in [0.2, 0.25) is 0 Å². The number of aromatic nitrogens is 2. The summed E-state index contributed by atoms with van der Waals surface area (Å²) in [6, 6.07) is 3.31. The molecule has 0 amide bonds. The molecule has 5 heteroatoms. The van der Waals surface area contributed by atoms with Crippen molar-refractivity contribution in [1.29, 1.82) is 0 Å². The quantitative estimate of drug-likeness (QED) is 0.775. The Hall–Kier alpha value is -0.680. The van der Waals surface area contributed by atoms with Gasteiger partial charge in [0.2, 0.25) is 0 Å². The van der Waals surface area contributed by atoms with Gasteiger partial charge in [-0.25, -0.2) is 4.39 Å². The molecule has 1 N–H and O–H groups in total. The van der Waals surface area contributed by atoms with E-state index in [2.05, 4.69) is 39.3 Å². The molecular weight excluding hydrogens is 327 g/mol. The molecule has 102 valence electrons. The number of hydrogen-bond donors (Lipinski definition) is 1. The van der Waals surface area contributed by atoms with Gasteiger partial charge in [-0.1, -0.05) is 13.8 Å². The molecular formula is C14H16BrFN2S. The summed E-state index contributed by atoms with van der Waals surface area (Å²) >= 11 is 8.64. The molecule has 0 radical (unpaired) electrons. The summed E-state index contributed by atoms with van der Waals surface area (Å²) in [5.74, 6) is 0.379. The van der Waals surface area contributed by atoms with Crippen LogP contribution in [0.1, 0.15) is 26.7 Å². The van der Waals surface area contributed by atoms with Crippen molar-refractivity contribution in [1.82, 2.24) is 9.55 Å². The minimum absolute atomic E-state index is 0.263. The first kappa shape index (κ1) is 13.3. The number of benzene rings is 1. The summed E-state index contributed by atoms with van der Waals surface area (Å²) in [6.45, 7) is 5.45. The molecule has 1 aliphatic rings. The molecule has 3 rings (SSSR count). The maximum Gasteiger partial charge on any atom is 0.178 e. The Balaban J connectivity index is 2.11. The van der Waals surface area contributed by atoms with Gasteiger partial charge < -0.3 is 9.55 Å². The van der Waals surface area contributed by atoms with Crippen LogP contribution in [0.25, 0.3) is 11.0 Å². The van der Waals surface area contributed by atoms with Gasteiger partial charge in [-0.2, -0.15) is 0 Å². The monoisotopic (exact) mass is 342 g/mol. The van der Waals surface area contributed by atoms with Gasteiger partial charge in [0.15, 0.2) is 4.77 Å². The second-order valence-corrected chi connectivity index (χ2v) is 7.06. The van der Waals surface area contributed by atoms with Crippen molar-refractivity contribution < 1.29 is 4.39 Å². The molecule has 0 saturated heterocycles. The fourth-order valence-corrected chi connectivity index (χ4v) is 3.31. The molecule has 0 bridgehead atoms. The summed E-state index contributed by atoms with van der Waals surface area (Å²) in [6.07, 6.45) is 2.50. The lowest BCUT2D eigenvalue weighted by atomic mass is 9.92. The topological polar surface area (TPSA) is 20.7 Å². The highest BCUT2D eigenvalue weighted by Gasteiger charge is 2.45. The number of halogens is 2. The zero-order chi connectivity index (χ0) is 13.8. The molecule has 2 aromatic rings. The first-order valence-corrected chi connectivity index (χ1v) is 7.71. The van der Waals surface area contributed by atoms with Gasteiger partial charge >= 0.3 is 0 Å². The fourth-order valence-electron chi connectivity index (χ4n) is 2.70. The van der Waals surface area contributed by atoms with Crippen molar-refractivity contribution in [2.75, 3.05) is 0 Å². The molecule has 0 spiro atoms. The summed E-state index contributed by atoms with van der Waals surface area (Å²) < 4.78 is 16.8. The van der Waals surface area contributed by atoms with Gasteiger partial charge in [0.1, 0.15) is 5.82 Å². The molecule has 19 heavy (non-hydrogen) atoms. The molecule has 0 aliphatic heterocycles. The van der Waals surface area contributed by atoms with E-state index in [1.165, 1.54) is 18.9 Å². The lowest BCUT2D eigenvalue weighted by Crippen LogP contribution is -2.17. The van der Waals surface area contributed by atoms with Crippen LogP contribution in [-0.4, -0.2) is 9.55 Å². The lowest BCUT2D eigenvalue weighted by Gasteiger charge is -2.20. The van der Waals surface area contributed by atoms with Crippen molar-refractivity contribution in [2.45, 2.75) is 33.2 Å². The molecule has 1 heterocycles. The molecule has 1 saturated carbocycles. The molecule has 0 atom stereocenters. The number of nitrogens with zero attached hydrogens (tertiary/aromatic N) is 1. The largest absolute Gasteiger partial charge is 0.330 e. The zero-order valence-electron chi connectivity index (χ0n) is 11.0. The van der Waals surface area contributed by atoms with Crippen LogP contribution >= 0.6 is 28.1 Å². The second-order valence-electron chi connectivity index (χ2n) is 5.82. The van der Waals surface area contributed by atoms with Crippen molar-refractivity contribution in [3.05, 3.63) is 27.2 Å². The highest BCUT2D eigenvalue weighted by atomic mass is 79.9. The van der Waals surface area contributed by atoms with E-state index in [1.54, 1.807) is 0 Å². The Bertz CT molecular complexity index is 697.